The van der Waals surface area contributed by atoms with E-state index in [-0.39, 0.29) is 29.0 Å². The highest BCUT2D eigenvalue weighted by atomic mass is 16.7. The van der Waals surface area contributed by atoms with Gasteiger partial charge in [0, 0.05) is 24.4 Å². The van der Waals surface area contributed by atoms with Crippen LogP contribution >= 0.6 is 0 Å². The third kappa shape index (κ3) is 3.07. The molecule has 5 aliphatic carbocycles. The predicted octanol–water partition coefficient (Wildman–Crippen LogP) is 5.01. The number of ketones is 1. The summed E-state index contributed by atoms with van der Waals surface area (Å²) >= 11 is 0. The van der Waals surface area contributed by atoms with Crippen LogP contribution in [0.25, 0.3) is 0 Å². The van der Waals surface area contributed by atoms with Crippen LogP contribution in [0.1, 0.15) is 79.7 Å². The molecule has 0 aromatic carbocycles. The van der Waals surface area contributed by atoms with Crippen molar-refractivity contribution in [1.29, 1.82) is 0 Å². The molecule has 2 heterocycles. The lowest BCUT2D eigenvalue weighted by Gasteiger charge is -2.52. The first-order valence-electron chi connectivity index (χ1n) is 14.6. The van der Waals surface area contributed by atoms with Gasteiger partial charge in [0.15, 0.2) is 23.3 Å². The molecule has 0 amide bonds. The van der Waals surface area contributed by atoms with Gasteiger partial charge >= 0.3 is 0 Å². The van der Waals surface area contributed by atoms with Gasteiger partial charge in [0.05, 0.1) is 12.0 Å². The number of hydrogen-bond acceptors (Lipinski definition) is 6. The van der Waals surface area contributed by atoms with Crippen molar-refractivity contribution < 1.29 is 24.1 Å². The highest BCUT2D eigenvalue weighted by molar-refractivity contribution is 5.95. The summed E-state index contributed by atoms with van der Waals surface area (Å²) in [6.07, 6.45) is 11.9. The average Bonchev–Trinajstić information content (AvgIpc) is 3.34. The average molecular weight is 523 g/mol. The van der Waals surface area contributed by atoms with Crippen LogP contribution < -0.4 is 4.74 Å². The summed E-state index contributed by atoms with van der Waals surface area (Å²) in [5.41, 5.74) is -0.908. The lowest BCUT2D eigenvalue weighted by Crippen LogP contribution is -2.68. The molecule has 2 bridgehead atoms. The molecule has 7 heteroatoms. The number of Topliss-reactive ketones (excluding diaryl/α,β-unsaturated/α-hetero) is 1. The van der Waals surface area contributed by atoms with Gasteiger partial charge in [-0.05, 0) is 74.3 Å². The number of nitrogens with zero attached hydrogens (tertiary/aromatic N) is 2. The van der Waals surface area contributed by atoms with Crippen molar-refractivity contribution in [3.63, 3.8) is 0 Å². The molecule has 6 aliphatic rings. The standard InChI is InChI=1S/C31H42N2O5/c1-17-15-30-18(2)13-22-23(28(22,3)4)21(24(30)34)14-19-16-36-29(5,6)38-26(19)31(30,35)25(17)37-27-32-11-12-33(27)20-9-7-8-10-20/h11-12,14-15,18,20-23,25-26,35H,7-10,13,16H2,1-6H3/t18-,21+,22-,23+,25+,26-,30?,31-/m1/s1. The summed E-state index contributed by atoms with van der Waals surface area (Å²) in [5.74, 6) is -0.427. The third-order valence-corrected chi connectivity index (χ3v) is 11.2. The zero-order valence-electron chi connectivity index (χ0n) is 23.6. The lowest BCUT2D eigenvalue weighted by atomic mass is 9.59. The fourth-order valence-corrected chi connectivity index (χ4v) is 9.26. The molecule has 1 aromatic rings. The molecule has 38 heavy (non-hydrogen) atoms. The molecule has 8 atom stereocenters. The minimum Gasteiger partial charge on any atom is -0.454 e. The summed E-state index contributed by atoms with van der Waals surface area (Å²) in [7, 11) is 0. The van der Waals surface area contributed by atoms with Gasteiger partial charge in [-0.2, -0.15) is 0 Å². The second-order valence-corrected chi connectivity index (χ2v) is 14.0. The van der Waals surface area contributed by atoms with E-state index in [0.717, 1.165) is 30.4 Å². The van der Waals surface area contributed by atoms with Crippen LogP contribution in [0, 0.1) is 34.5 Å². The molecule has 1 aromatic heterocycles. The Morgan fingerprint density at radius 3 is 2.66 bits per heavy atom. The Hall–Kier alpha value is -1.96. The molecule has 1 spiro atoms. The van der Waals surface area contributed by atoms with E-state index in [9.17, 15) is 9.90 Å². The minimum atomic E-state index is -1.62. The van der Waals surface area contributed by atoms with E-state index in [1.165, 1.54) is 12.8 Å². The molecule has 1 unspecified atom stereocenters. The van der Waals surface area contributed by atoms with Gasteiger partial charge in [-0.25, -0.2) is 4.98 Å². The second-order valence-electron chi connectivity index (χ2n) is 14.0. The molecule has 0 radical (unpaired) electrons. The number of rotatable bonds is 3. The quantitative estimate of drug-likeness (QED) is 0.562. The first-order chi connectivity index (χ1) is 17.9. The van der Waals surface area contributed by atoms with Gasteiger partial charge in [0.1, 0.15) is 6.10 Å². The largest absolute Gasteiger partial charge is 0.454 e. The van der Waals surface area contributed by atoms with E-state index in [0.29, 0.717) is 24.6 Å². The maximum absolute atomic E-state index is 14.8. The van der Waals surface area contributed by atoms with Crippen molar-refractivity contribution in [3.05, 3.63) is 35.7 Å². The normalized spacial score (nSPS) is 44.8. The van der Waals surface area contributed by atoms with Crippen molar-refractivity contribution in [1.82, 2.24) is 9.55 Å². The molecule has 4 fully saturated rings. The SMILES string of the molecule is CC1=CC23C(=O)[C@@H](C=C4COC(C)(C)O[C@H]4[C@]2(O)[C@H]1Oc1nccn1C1CCCC1)[C@H]1[C@@H](C[C@H]3C)C1(C)C. The molecule has 1 N–H and O–H groups in total. The molecule has 3 saturated carbocycles. The molecule has 1 saturated heterocycles. The Bertz CT molecular complexity index is 1240. The fraction of sp³-hybridized carbons (Fsp3) is 0.742. The number of imidazole rings is 1. The van der Waals surface area contributed by atoms with Crippen molar-refractivity contribution in [2.24, 2.45) is 34.5 Å². The van der Waals surface area contributed by atoms with Crippen LogP contribution in [0.3, 0.4) is 0 Å². The number of aliphatic hydroxyl groups is 1. The van der Waals surface area contributed by atoms with Crippen LogP contribution in [-0.2, 0) is 14.3 Å². The first-order valence-corrected chi connectivity index (χ1v) is 14.6. The van der Waals surface area contributed by atoms with Gasteiger partial charge in [-0.1, -0.05) is 45.8 Å². The summed E-state index contributed by atoms with van der Waals surface area (Å²) in [4.78, 5) is 19.4. The number of fused-ring (bicyclic) bond motifs is 5. The van der Waals surface area contributed by atoms with Crippen LogP contribution in [0.15, 0.2) is 35.7 Å². The fourth-order valence-electron chi connectivity index (χ4n) is 9.26. The van der Waals surface area contributed by atoms with Gasteiger partial charge in [-0.3, -0.25) is 9.36 Å². The Labute approximate surface area is 225 Å². The minimum absolute atomic E-state index is 0.0697. The Morgan fingerprint density at radius 2 is 1.92 bits per heavy atom. The number of carbonyl (C=O) groups is 1. The molecule has 7 nitrogen and oxygen atoms in total. The van der Waals surface area contributed by atoms with E-state index < -0.39 is 29.0 Å². The number of carbonyl (C=O) groups excluding carboxylic acids is 1. The predicted molar refractivity (Wildman–Crippen MR) is 141 cm³/mol. The van der Waals surface area contributed by atoms with E-state index in [2.05, 4.69) is 42.5 Å². The highest BCUT2D eigenvalue weighted by Crippen LogP contribution is 2.72. The molecule has 1 aliphatic heterocycles. The summed E-state index contributed by atoms with van der Waals surface area (Å²) in [6, 6.07) is 0.859. The van der Waals surface area contributed by atoms with Gasteiger partial charge in [0.25, 0.3) is 6.01 Å². The third-order valence-electron chi connectivity index (χ3n) is 11.2. The van der Waals surface area contributed by atoms with Crippen molar-refractivity contribution in [2.45, 2.75) is 103 Å². The summed E-state index contributed by atoms with van der Waals surface area (Å²) < 4.78 is 21.6. The van der Waals surface area contributed by atoms with Crippen molar-refractivity contribution in [2.75, 3.05) is 6.61 Å². The Morgan fingerprint density at radius 1 is 1.18 bits per heavy atom. The summed E-state index contributed by atoms with van der Waals surface area (Å²) in [5, 5.41) is 13.2. The molecular formula is C31H42N2O5. The van der Waals surface area contributed by atoms with Crippen molar-refractivity contribution in [3.8, 4) is 6.01 Å². The van der Waals surface area contributed by atoms with Gasteiger partial charge in [-0.15, -0.1) is 0 Å². The van der Waals surface area contributed by atoms with Gasteiger partial charge in [0.2, 0.25) is 0 Å². The second kappa shape index (κ2) is 7.82. The molecular weight excluding hydrogens is 480 g/mol. The van der Waals surface area contributed by atoms with Crippen LogP contribution in [-0.4, -0.2) is 50.6 Å². The van der Waals surface area contributed by atoms with E-state index in [1.807, 2.05) is 27.0 Å². The smallest absolute Gasteiger partial charge is 0.297 e. The Balaban J connectivity index is 1.38. The topological polar surface area (TPSA) is 82.8 Å². The maximum Gasteiger partial charge on any atom is 0.297 e. The van der Waals surface area contributed by atoms with Crippen LogP contribution in [0.5, 0.6) is 6.01 Å². The number of aromatic nitrogens is 2. The zero-order chi connectivity index (χ0) is 26.8. The van der Waals surface area contributed by atoms with Crippen molar-refractivity contribution >= 4 is 5.78 Å². The van der Waals surface area contributed by atoms with Crippen LogP contribution in [0.2, 0.25) is 0 Å². The van der Waals surface area contributed by atoms with E-state index in [4.69, 9.17) is 14.2 Å². The number of allylic oxidation sites excluding steroid dienone is 1. The first kappa shape index (κ1) is 25.0. The number of hydrogen-bond donors (Lipinski definition) is 1. The monoisotopic (exact) mass is 522 g/mol. The number of ether oxygens (including phenoxy) is 3. The highest BCUT2D eigenvalue weighted by Gasteiger charge is 2.77. The van der Waals surface area contributed by atoms with E-state index >= 15 is 0 Å². The van der Waals surface area contributed by atoms with Crippen LogP contribution in [0.4, 0.5) is 0 Å². The summed E-state index contributed by atoms with van der Waals surface area (Å²) in [6.45, 7) is 12.8. The zero-order valence-corrected chi connectivity index (χ0v) is 23.6. The maximum atomic E-state index is 14.8. The molecule has 7 rings (SSSR count). The van der Waals surface area contributed by atoms with Gasteiger partial charge < -0.3 is 19.3 Å². The lowest BCUT2D eigenvalue weighted by molar-refractivity contribution is -0.301. The molecule has 206 valence electrons. The Kier molecular flexibility index (Phi) is 5.15. The van der Waals surface area contributed by atoms with E-state index in [1.54, 1.807) is 6.20 Å².